The summed E-state index contributed by atoms with van der Waals surface area (Å²) in [6.07, 6.45) is 9.08. The fraction of sp³-hybridized carbons (Fsp3) is 0.308. The number of anilines is 3. The maximum Gasteiger partial charge on any atom is 0.257 e. The van der Waals surface area contributed by atoms with Crippen LogP contribution in [-0.4, -0.2) is 29.5 Å². The van der Waals surface area contributed by atoms with E-state index < -0.39 is 0 Å². The van der Waals surface area contributed by atoms with Crippen LogP contribution in [0.5, 0.6) is 0 Å². The predicted octanol–water partition coefficient (Wildman–Crippen LogP) is 5.10. The Morgan fingerprint density at radius 2 is 2.12 bits per heavy atom. The number of aromatic amines is 1. The normalized spacial score (nSPS) is 17.0. The molecule has 1 aliphatic carbocycles. The number of hydrogen-bond donors (Lipinski definition) is 4. The van der Waals surface area contributed by atoms with Crippen LogP contribution in [0.3, 0.4) is 0 Å². The van der Waals surface area contributed by atoms with Gasteiger partial charge >= 0.3 is 0 Å². The van der Waals surface area contributed by atoms with E-state index in [9.17, 15) is 4.79 Å². The van der Waals surface area contributed by atoms with Gasteiger partial charge < -0.3 is 20.9 Å². The van der Waals surface area contributed by atoms with E-state index in [1.54, 1.807) is 0 Å². The Bertz CT molecular complexity index is 1220. The molecule has 3 heterocycles. The van der Waals surface area contributed by atoms with Crippen LogP contribution >= 0.6 is 0 Å². The van der Waals surface area contributed by atoms with Crippen molar-refractivity contribution in [3.63, 3.8) is 0 Å². The summed E-state index contributed by atoms with van der Waals surface area (Å²) in [4.78, 5) is 20.8. The van der Waals surface area contributed by atoms with E-state index in [0.717, 1.165) is 53.3 Å². The summed E-state index contributed by atoms with van der Waals surface area (Å²) in [6.45, 7) is 5.08. The molecule has 2 aromatic heterocycles. The Balaban J connectivity index is 1.41. The quantitative estimate of drug-likeness (QED) is 0.467. The van der Waals surface area contributed by atoms with Crippen LogP contribution in [0.1, 0.15) is 51.7 Å². The fourth-order valence-electron chi connectivity index (χ4n) is 4.71. The third-order valence-corrected chi connectivity index (χ3v) is 6.60. The second-order valence-electron chi connectivity index (χ2n) is 8.92. The molecule has 1 aliphatic heterocycles. The molecule has 6 nitrogen and oxygen atoms in total. The molecule has 3 aromatic rings. The maximum atomic E-state index is 13.1. The van der Waals surface area contributed by atoms with Gasteiger partial charge in [0.05, 0.1) is 5.56 Å². The number of carbonyl (C=O) groups excluding carboxylic acids is 1. The Kier molecular flexibility index (Phi) is 5.21. The zero-order valence-electron chi connectivity index (χ0n) is 18.8. The number of H-pyrrole nitrogens is 1. The fourth-order valence-corrected chi connectivity index (χ4v) is 4.71. The summed E-state index contributed by atoms with van der Waals surface area (Å²) in [5.41, 5.74) is 9.59. The molecule has 0 fully saturated rings. The van der Waals surface area contributed by atoms with E-state index in [0.29, 0.717) is 5.92 Å². The van der Waals surface area contributed by atoms with Gasteiger partial charge in [0.2, 0.25) is 0 Å². The molecule has 32 heavy (non-hydrogen) atoms. The highest BCUT2D eigenvalue weighted by Gasteiger charge is 2.23. The van der Waals surface area contributed by atoms with E-state index in [2.05, 4.69) is 58.0 Å². The van der Waals surface area contributed by atoms with Gasteiger partial charge in [-0.05, 0) is 72.6 Å². The van der Waals surface area contributed by atoms with Crippen molar-refractivity contribution in [1.29, 1.82) is 0 Å². The Hall–Kier alpha value is -3.54. The molecule has 0 spiro atoms. The zero-order chi connectivity index (χ0) is 22.2. The maximum absolute atomic E-state index is 13.1. The summed E-state index contributed by atoms with van der Waals surface area (Å²) >= 11 is 0. The minimum Gasteiger partial charge on any atom is -0.380 e. The first-order chi connectivity index (χ1) is 15.5. The van der Waals surface area contributed by atoms with Crippen LogP contribution < -0.4 is 16.0 Å². The van der Waals surface area contributed by atoms with Crippen LogP contribution in [0.4, 0.5) is 17.2 Å². The minimum absolute atomic E-state index is 0.0451. The average Bonchev–Trinajstić information content (AvgIpc) is 3.22. The summed E-state index contributed by atoms with van der Waals surface area (Å²) < 4.78 is 0. The molecule has 164 valence electrons. The van der Waals surface area contributed by atoms with Gasteiger partial charge in [-0.3, -0.25) is 4.79 Å². The van der Waals surface area contributed by atoms with Gasteiger partial charge in [0, 0.05) is 54.7 Å². The molecule has 1 atom stereocenters. The van der Waals surface area contributed by atoms with Crippen molar-refractivity contribution in [3.05, 3.63) is 70.2 Å². The molecule has 1 unspecified atom stereocenters. The lowest BCUT2D eigenvalue weighted by molar-refractivity contribution is 0.102. The number of aromatic nitrogens is 2. The first-order valence-corrected chi connectivity index (χ1v) is 11.3. The van der Waals surface area contributed by atoms with Crippen molar-refractivity contribution in [2.45, 2.75) is 33.1 Å². The number of carbonyl (C=O) groups is 1. The number of rotatable bonds is 4. The standard InChI is InChI=1S/C26H29N5O/c1-15-4-7-23-21(8-15)22(14-29-23)26(32)31-19-6-5-16(2)20(10-19)17-9-18-13-30-25(27-3)11-24(18)28-12-17/h5-6,9-11,13-15,28-29H,4,7-8,12H2,1-3H3,(H,27,30)(H,31,32). The molecule has 4 N–H and O–H groups in total. The van der Waals surface area contributed by atoms with E-state index in [4.69, 9.17) is 0 Å². The molecule has 1 amide bonds. The Morgan fingerprint density at radius 1 is 1.25 bits per heavy atom. The van der Waals surface area contributed by atoms with Gasteiger partial charge in [-0.1, -0.05) is 13.0 Å². The SMILES string of the molecule is CNc1cc2c(cn1)C=C(c1cc(NC(=O)c3c[nH]c4c3CC(C)CC4)ccc1C)CN2. The summed E-state index contributed by atoms with van der Waals surface area (Å²) in [6, 6.07) is 8.13. The van der Waals surface area contributed by atoms with Gasteiger partial charge in [-0.25, -0.2) is 4.98 Å². The van der Waals surface area contributed by atoms with Crippen LogP contribution in [0.2, 0.25) is 0 Å². The number of nitrogens with one attached hydrogen (secondary N) is 4. The van der Waals surface area contributed by atoms with Crippen LogP contribution in [0, 0.1) is 12.8 Å². The third kappa shape index (κ3) is 3.77. The number of amides is 1. The lowest BCUT2D eigenvalue weighted by atomic mass is 9.87. The molecule has 1 aromatic carbocycles. The largest absolute Gasteiger partial charge is 0.380 e. The number of nitrogens with zero attached hydrogens (tertiary/aromatic N) is 1. The summed E-state index contributed by atoms with van der Waals surface area (Å²) in [7, 11) is 1.87. The van der Waals surface area contributed by atoms with Crippen LogP contribution in [0.15, 0.2) is 36.7 Å². The van der Waals surface area contributed by atoms with Crippen LogP contribution in [0.25, 0.3) is 11.6 Å². The molecular formula is C26H29N5O. The lowest BCUT2D eigenvalue weighted by Crippen LogP contribution is -2.17. The van der Waals surface area contributed by atoms with E-state index >= 15 is 0 Å². The highest BCUT2D eigenvalue weighted by Crippen LogP contribution is 2.32. The number of hydrogen-bond acceptors (Lipinski definition) is 4. The summed E-state index contributed by atoms with van der Waals surface area (Å²) in [5, 5.41) is 9.69. The molecule has 2 aliphatic rings. The van der Waals surface area contributed by atoms with E-state index in [1.165, 1.54) is 28.8 Å². The first kappa shape index (κ1) is 20.4. The van der Waals surface area contributed by atoms with Crippen molar-refractivity contribution in [2.75, 3.05) is 29.5 Å². The zero-order valence-corrected chi connectivity index (χ0v) is 18.8. The first-order valence-electron chi connectivity index (χ1n) is 11.3. The number of fused-ring (bicyclic) bond motifs is 2. The third-order valence-electron chi connectivity index (χ3n) is 6.60. The highest BCUT2D eigenvalue weighted by molar-refractivity contribution is 6.06. The Morgan fingerprint density at radius 3 is 2.97 bits per heavy atom. The highest BCUT2D eigenvalue weighted by atomic mass is 16.1. The van der Waals surface area contributed by atoms with Crippen molar-refractivity contribution in [3.8, 4) is 0 Å². The van der Waals surface area contributed by atoms with Gasteiger partial charge in [-0.15, -0.1) is 0 Å². The molecule has 5 rings (SSSR count). The number of benzene rings is 1. The number of pyridine rings is 1. The second kappa shape index (κ2) is 8.19. The topological polar surface area (TPSA) is 81.8 Å². The van der Waals surface area contributed by atoms with Gasteiger partial charge in [0.1, 0.15) is 5.82 Å². The molecule has 6 heteroatoms. The molecule has 0 saturated heterocycles. The average molecular weight is 428 g/mol. The predicted molar refractivity (Wildman–Crippen MR) is 131 cm³/mol. The molecular weight excluding hydrogens is 398 g/mol. The van der Waals surface area contributed by atoms with Crippen molar-refractivity contribution in [2.24, 2.45) is 5.92 Å². The smallest absolute Gasteiger partial charge is 0.257 e. The van der Waals surface area contributed by atoms with Gasteiger partial charge in [0.15, 0.2) is 0 Å². The second-order valence-corrected chi connectivity index (χ2v) is 8.92. The van der Waals surface area contributed by atoms with Gasteiger partial charge in [0.25, 0.3) is 5.91 Å². The summed E-state index contributed by atoms with van der Waals surface area (Å²) in [5.74, 6) is 1.41. The minimum atomic E-state index is -0.0451. The number of aryl methyl sites for hydroxylation is 2. The van der Waals surface area contributed by atoms with E-state index in [-0.39, 0.29) is 5.91 Å². The van der Waals surface area contributed by atoms with Crippen molar-refractivity contribution in [1.82, 2.24) is 9.97 Å². The van der Waals surface area contributed by atoms with E-state index in [1.807, 2.05) is 31.6 Å². The molecule has 0 radical (unpaired) electrons. The molecule has 0 saturated carbocycles. The van der Waals surface area contributed by atoms with Crippen molar-refractivity contribution < 1.29 is 4.79 Å². The Labute approximate surface area is 188 Å². The van der Waals surface area contributed by atoms with Crippen molar-refractivity contribution >= 4 is 34.7 Å². The van der Waals surface area contributed by atoms with Crippen LogP contribution in [-0.2, 0) is 12.8 Å². The monoisotopic (exact) mass is 427 g/mol. The molecule has 0 bridgehead atoms. The van der Waals surface area contributed by atoms with Gasteiger partial charge in [-0.2, -0.15) is 0 Å². The lowest BCUT2D eigenvalue weighted by Gasteiger charge is -2.21.